The van der Waals surface area contributed by atoms with Gasteiger partial charge in [-0.15, -0.1) is 0 Å². The van der Waals surface area contributed by atoms with Crippen LogP contribution in [0.15, 0.2) is 197 Å². The van der Waals surface area contributed by atoms with Crippen molar-refractivity contribution in [2.24, 2.45) is 0 Å². The molecule has 0 radical (unpaired) electrons. The Hall–Kier alpha value is -7.10. The standard InChI is InChI=1S/C50H31NO2/c1-2-10-36-30-37(17-16-32(36)8-1)33-18-24-39(25-19-33)51(45-13-7-15-48-49(45)43-28-22-35-9-3-4-11-41(35)50(43)53-48)40-26-20-34(21-27-40)38-23-29-47-44(31-38)42-12-5-6-14-46(42)52-47/h1-31H/i1D,2D,8D,10D,16D,17D,18D,19D,20D,21D,24D,25D,26D,27D,30D. The zero-order valence-electron chi connectivity index (χ0n) is 42.5. The number of hydrogen-bond donors (Lipinski definition) is 0. The van der Waals surface area contributed by atoms with Gasteiger partial charge >= 0.3 is 0 Å². The van der Waals surface area contributed by atoms with E-state index in [-0.39, 0.29) is 11.3 Å². The van der Waals surface area contributed by atoms with Crippen LogP contribution in [0.1, 0.15) is 20.6 Å². The van der Waals surface area contributed by atoms with Gasteiger partial charge in [0, 0.05) is 32.9 Å². The average molecular weight is 693 g/mol. The summed E-state index contributed by atoms with van der Waals surface area (Å²) in [4.78, 5) is 1.16. The summed E-state index contributed by atoms with van der Waals surface area (Å²) >= 11 is 0. The SMILES string of the molecule is [2H]c1c([2H])c(N(c2c([2H])c([2H])c(-c3c([2H])c([2H])c4c([2H])c([2H])c([2H])c([2H])c4c3[2H])c([2H])c2[2H])c2cccc3oc4c5ccccc5ccc4c23)c([2H])c([2H])c1-c1ccc2oc3ccccc3c2c1. The third-order valence-electron chi connectivity index (χ3n) is 9.44. The lowest BCUT2D eigenvalue weighted by Gasteiger charge is -2.26. The molecular weight excluding hydrogens is 647 g/mol. The highest BCUT2D eigenvalue weighted by atomic mass is 16.3. The zero-order valence-corrected chi connectivity index (χ0v) is 27.5. The van der Waals surface area contributed by atoms with Crippen molar-refractivity contribution in [3.05, 3.63) is 188 Å². The lowest BCUT2D eigenvalue weighted by molar-refractivity contribution is 0.669. The van der Waals surface area contributed by atoms with Crippen LogP contribution in [0.25, 0.3) is 87.7 Å². The first-order valence-corrected chi connectivity index (χ1v) is 16.8. The Labute approximate surface area is 326 Å². The van der Waals surface area contributed by atoms with Gasteiger partial charge in [-0.05, 0) is 105 Å². The number of benzene rings is 9. The molecule has 0 N–H and O–H groups in total. The summed E-state index contributed by atoms with van der Waals surface area (Å²) in [6.45, 7) is 0. The van der Waals surface area contributed by atoms with Gasteiger partial charge in [-0.1, -0.05) is 121 Å². The summed E-state index contributed by atoms with van der Waals surface area (Å²) in [7, 11) is 0. The average Bonchev–Trinajstić information content (AvgIpc) is 3.92. The lowest BCUT2D eigenvalue weighted by Crippen LogP contribution is -2.10. The van der Waals surface area contributed by atoms with Gasteiger partial charge in [0.05, 0.1) is 31.6 Å². The molecule has 11 aromatic rings. The molecule has 0 aliphatic rings. The molecule has 0 saturated heterocycles. The van der Waals surface area contributed by atoms with Gasteiger partial charge in [-0.2, -0.15) is 0 Å². The molecule has 0 saturated carbocycles. The van der Waals surface area contributed by atoms with E-state index in [4.69, 9.17) is 17.1 Å². The van der Waals surface area contributed by atoms with E-state index in [1.807, 2.05) is 60.7 Å². The summed E-state index contributed by atoms with van der Waals surface area (Å²) in [5, 5.41) is 3.19. The third kappa shape index (κ3) is 4.82. The van der Waals surface area contributed by atoms with Gasteiger partial charge in [0.25, 0.3) is 0 Å². The van der Waals surface area contributed by atoms with Crippen LogP contribution < -0.4 is 4.90 Å². The maximum atomic E-state index is 9.69. The molecule has 3 nitrogen and oxygen atoms in total. The van der Waals surface area contributed by atoms with Crippen LogP contribution in [0.5, 0.6) is 0 Å². The van der Waals surface area contributed by atoms with Crippen molar-refractivity contribution < 1.29 is 29.4 Å². The Kier molecular flexibility index (Phi) is 4.07. The number of hydrogen-bond acceptors (Lipinski definition) is 3. The normalized spacial score (nSPS) is 15.7. The Morgan fingerprint density at radius 2 is 1.09 bits per heavy atom. The molecule has 248 valence electrons. The van der Waals surface area contributed by atoms with Gasteiger partial charge in [0.15, 0.2) is 0 Å². The van der Waals surface area contributed by atoms with Gasteiger partial charge < -0.3 is 13.7 Å². The van der Waals surface area contributed by atoms with Crippen LogP contribution in [-0.4, -0.2) is 0 Å². The Balaban J connectivity index is 1.22. The molecule has 53 heavy (non-hydrogen) atoms. The van der Waals surface area contributed by atoms with Gasteiger partial charge in [-0.25, -0.2) is 0 Å². The first-order valence-electron chi connectivity index (χ1n) is 24.3. The van der Waals surface area contributed by atoms with E-state index >= 15 is 0 Å². The Bertz CT molecular complexity index is 4010. The van der Waals surface area contributed by atoms with Crippen molar-refractivity contribution in [3.63, 3.8) is 0 Å². The molecule has 0 fully saturated rings. The van der Waals surface area contributed by atoms with E-state index in [9.17, 15) is 12.3 Å². The van der Waals surface area contributed by atoms with Crippen LogP contribution in [-0.2, 0) is 0 Å². The van der Waals surface area contributed by atoms with Crippen LogP contribution in [0.3, 0.4) is 0 Å². The molecule has 0 spiro atoms. The third-order valence-corrected chi connectivity index (χ3v) is 9.44. The van der Waals surface area contributed by atoms with Crippen molar-refractivity contribution in [2.45, 2.75) is 0 Å². The van der Waals surface area contributed by atoms with Crippen molar-refractivity contribution in [1.29, 1.82) is 0 Å². The predicted octanol–water partition coefficient (Wildman–Crippen LogP) is 14.6. The van der Waals surface area contributed by atoms with Crippen LogP contribution in [0, 0.1) is 0 Å². The molecule has 11 rings (SSSR count). The minimum absolute atomic E-state index is 0.0457. The second kappa shape index (κ2) is 11.7. The molecular formula is C50H31NO2. The van der Waals surface area contributed by atoms with Gasteiger partial charge in [-0.3, -0.25) is 0 Å². The number of nitrogens with zero attached hydrogens (tertiary/aromatic N) is 1. The predicted molar refractivity (Wildman–Crippen MR) is 222 cm³/mol. The highest BCUT2D eigenvalue weighted by Gasteiger charge is 2.21. The molecule has 3 heteroatoms. The van der Waals surface area contributed by atoms with E-state index in [0.717, 1.165) is 21.1 Å². The van der Waals surface area contributed by atoms with E-state index < -0.39 is 124 Å². The van der Waals surface area contributed by atoms with Crippen molar-refractivity contribution in [2.75, 3.05) is 4.90 Å². The monoisotopic (exact) mass is 692 g/mol. The number of fused-ring (bicyclic) bond motifs is 9. The molecule has 2 aromatic heterocycles. The van der Waals surface area contributed by atoms with E-state index in [0.29, 0.717) is 44.1 Å². The highest BCUT2D eigenvalue weighted by molar-refractivity contribution is 6.19. The van der Waals surface area contributed by atoms with Crippen LogP contribution in [0.4, 0.5) is 17.1 Å². The number of furan rings is 2. The van der Waals surface area contributed by atoms with E-state index in [1.54, 1.807) is 36.4 Å². The number of rotatable bonds is 5. The number of para-hydroxylation sites is 1. The molecule has 2 heterocycles. The zero-order chi connectivity index (χ0) is 47.9. The molecule has 0 aliphatic heterocycles. The largest absolute Gasteiger partial charge is 0.456 e. The van der Waals surface area contributed by atoms with Gasteiger partial charge in [0.2, 0.25) is 0 Å². The molecule has 0 aliphatic carbocycles. The number of anilines is 3. The first kappa shape index (κ1) is 18.4. The summed E-state index contributed by atoms with van der Waals surface area (Å²) < 4.78 is 150. The minimum Gasteiger partial charge on any atom is -0.456 e. The maximum Gasteiger partial charge on any atom is 0.143 e. The quantitative estimate of drug-likeness (QED) is 0.180. The summed E-state index contributed by atoms with van der Waals surface area (Å²) in [5.74, 6) is 0. The highest BCUT2D eigenvalue weighted by Crippen LogP contribution is 2.45. The molecule has 9 aromatic carbocycles. The maximum absolute atomic E-state index is 9.69. The van der Waals surface area contributed by atoms with Crippen molar-refractivity contribution >= 4 is 82.5 Å². The smallest absolute Gasteiger partial charge is 0.143 e. The van der Waals surface area contributed by atoms with E-state index in [1.165, 1.54) is 0 Å². The minimum atomic E-state index is -0.810. The lowest BCUT2D eigenvalue weighted by atomic mass is 10.00. The summed E-state index contributed by atoms with van der Waals surface area (Å²) in [6.07, 6.45) is 0. The molecule has 0 amide bonds. The van der Waals surface area contributed by atoms with Crippen molar-refractivity contribution in [1.82, 2.24) is 0 Å². The van der Waals surface area contributed by atoms with Gasteiger partial charge in [0.1, 0.15) is 22.3 Å². The Morgan fingerprint density at radius 3 is 1.92 bits per heavy atom. The fourth-order valence-corrected chi connectivity index (χ4v) is 6.97. The second-order valence-corrected chi connectivity index (χ2v) is 12.5. The van der Waals surface area contributed by atoms with Crippen LogP contribution >= 0.6 is 0 Å². The first-order chi connectivity index (χ1) is 32.5. The summed E-state index contributed by atoms with van der Waals surface area (Å²) in [6, 6.07) is 18.3. The molecule has 0 atom stereocenters. The Morgan fingerprint density at radius 1 is 0.415 bits per heavy atom. The summed E-state index contributed by atoms with van der Waals surface area (Å²) in [5.41, 5.74) is 0.276. The molecule has 0 bridgehead atoms. The second-order valence-electron chi connectivity index (χ2n) is 12.5. The fourth-order valence-electron chi connectivity index (χ4n) is 6.97. The topological polar surface area (TPSA) is 29.5 Å². The van der Waals surface area contributed by atoms with Crippen molar-refractivity contribution in [3.8, 4) is 22.3 Å². The van der Waals surface area contributed by atoms with E-state index in [2.05, 4.69) is 0 Å². The van der Waals surface area contributed by atoms with Crippen LogP contribution in [0.2, 0.25) is 0 Å². The fraction of sp³-hybridized carbons (Fsp3) is 0. The molecule has 0 unspecified atom stereocenters.